The molecule has 0 aromatic carbocycles. The molecule has 3 N–H and O–H groups in total. The summed E-state index contributed by atoms with van der Waals surface area (Å²) in [7, 11) is 0. The lowest BCUT2D eigenvalue weighted by Crippen LogP contribution is -2.19. The van der Waals surface area contributed by atoms with Gasteiger partial charge < -0.3 is 16.0 Å². The summed E-state index contributed by atoms with van der Waals surface area (Å²) < 4.78 is 0. The quantitative estimate of drug-likeness (QED) is 0.763. The van der Waals surface area contributed by atoms with Crippen LogP contribution < -0.4 is 16.0 Å². The Morgan fingerprint density at radius 1 is 1.04 bits per heavy atom. The Morgan fingerprint density at radius 3 is 2.68 bits per heavy atom. The number of carbonyl (C=O) groups excluding carboxylic acids is 1. The smallest absolute Gasteiger partial charge is 0.274 e. The summed E-state index contributed by atoms with van der Waals surface area (Å²) in [5.74, 6) is 0.433. The van der Waals surface area contributed by atoms with E-state index in [2.05, 4.69) is 25.2 Å². The lowest BCUT2D eigenvalue weighted by Gasteiger charge is -2.17. The summed E-state index contributed by atoms with van der Waals surface area (Å²) in [4.78, 5) is 27.2. The number of hydrogen-bond donors (Lipinski definition) is 2. The van der Waals surface area contributed by atoms with Crippen molar-refractivity contribution in [3.63, 3.8) is 0 Å². The molecule has 4 heterocycles. The van der Waals surface area contributed by atoms with E-state index in [-0.39, 0.29) is 5.91 Å². The summed E-state index contributed by atoms with van der Waals surface area (Å²) in [5.41, 5.74) is 9.51. The van der Waals surface area contributed by atoms with Crippen molar-refractivity contribution in [3.05, 3.63) is 71.9 Å². The molecular formula is C18H16N6O. The Kier molecular flexibility index (Phi) is 3.74. The van der Waals surface area contributed by atoms with Crippen molar-refractivity contribution in [2.75, 3.05) is 16.0 Å². The lowest BCUT2D eigenvalue weighted by atomic mass is 10.2. The second kappa shape index (κ2) is 6.20. The third kappa shape index (κ3) is 2.99. The van der Waals surface area contributed by atoms with Gasteiger partial charge in [-0.3, -0.25) is 14.8 Å². The van der Waals surface area contributed by atoms with Crippen LogP contribution in [0, 0.1) is 0 Å². The van der Waals surface area contributed by atoms with E-state index in [1.165, 1.54) is 17.3 Å². The van der Waals surface area contributed by atoms with Gasteiger partial charge in [-0.15, -0.1) is 0 Å². The fourth-order valence-corrected chi connectivity index (χ4v) is 2.80. The number of amides is 1. The summed E-state index contributed by atoms with van der Waals surface area (Å²) in [6.07, 6.45) is 6.75. The van der Waals surface area contributed by atoms with Gasteiger partial charge in [0, 0.05) is 31.7 Å². The minimum absolute atomic E-state index is 0.320. The molecule has 1 aliphatic rings. The standard InChI is InChI=1S/C18H16N6O/c19-14-5-7-21-9-16(14)23-18(25)15-2-1-3-17(22-15)24-10-12-4-6-20-8-13(12)11-24/h1-9H,10-11H2,(H2,19,21)(H,23,25). The van der Waals surface area contributed by atoms with E-state index in [1.54, 1.807) is 24.5 Å². The zero-order valence-corrected chi connectivity index (χ0v) is 13.4. The number of nitrogens with one attached hydrogen (secondary N) is 1. The molecule has 1 amide bonds. The van der Waals surface area contributed by atoms with Crippen molar-refractivity contribution >= 4 is 23.1 Å². The van der Waals surface area contributed by atoms with Crippen LogP contribution in [0.15, 0.2) is 55.1 Å². The number of pyridine rings is 3. The molecule has 3 aromatic rings. The Balaban J connectivity index is 1.54. The van der Waals surface area contributed by atoms with E-state index < -0.39 is 0 Å². The van der Waals surface area contributed by atoms with Gasteiger partial charge in [-0.05, 0) is 35.4 Å². The normalized spacial score (nSPS) is 12.7. The maximum atomic E-state index is 12.5. The zero-order valence-electron chi connectivity index (χ0n) is 13.4. The van der Waals surface area contributed by atoms with Gasteiger partial charge in [0.15, 0.2) is 0 Å². The molecule has 0 saturated heterocycles. The van der Waals surface area contributed by atoms with Gasteiger partial charge in [0.1, 0.15) is 11.5 Å². The van der Waals surface area contributed by atoms with E-state index in [4.69, 9.17) is 5.73 Å². The van der Waals surface area contributed by atoms with Crippen molar-refractivity contribution in [2.45, 2.75) is 13.1 Å². The number of aromatic nitrogens is 3. The molecule has 7 heteroatoms. The highest BCUT2D eigenvalue weighted by Gasteiger charge is 2.21. The second-order valence-corrected chi connectivity index (χ2v) is 5.80. The van der Waals surface area contributed by atoms with Gasteiger partial charge in [0.25, 0.3) is 5.91 Å². The van der Waals surface area contributed by atoms with Crippen LogP contribution >= 0.6 is 0 Å². The molecule has 0 atom stereocenters. The van der Waals surface area contributed by atoms with Crippen LogP contribution in [-0.2, 0) is 13.1 Å². The van der Waals surface area contributed by atoms with Crippen LogP contribution in [0.4, 0.5) is 17.2 Å². The van der Waals surface area contributed by atoms with E-state index >= 15 is 0 Å². The third-order valence-corrected chi connectivity index (χ3v) is 4.12. The first-order valence-electron chi connectivity index (χ1n) is 7.85. The average Bonchev–Trinajstić information content (AvgIpc) is 3.08. The maximum Gasteiger partial charge on any atom is 0.274 e. The maximum absolute atomic E-state index is 12.5. The molecule has 0 saturated carbocycles. The molecule has 7 nitrogen and oxygen atoms in total. The largest absolute Gasteiger partial charge is 0.397 e. The molecule has 124 valence electrons. The molecule has 1 aliphatic heterocycles. The average molecular weight is 332 g/mol. The minimum atomic E-state index is -0.320. The van der Waals surface area contributed by atoms with Crippen LogP contribution in [-0.4, -0.2) is 20.9 Å². The Morgan fingerprint density at radius 2 is 1.84 bits per heavy atom. The number of hydrogen-bond acceptors (Lipinski definition) is 6. The van der Waals surface area contributed by atoms with E-state index in [9.17, 15) is 4.79 Å². The van der Waals surface area contributed by atoms with Crippen LogP contribution in [0.2, 0.25) is 0 Å². The summed E-state index contributed by atoms with van der Waals surface area (Å²) >= 11 is 0. The molecule has 0 bridgehead atoms. The molecule has 0 spiro atoms. The second-order valence-electron chi connectivity index (χ2n) is 5.80. The van der Waals surface area contributed by atoms with Crippen LogP contribution in [0.1, 0.15) is 21.6 Å². The number of nitrogen functional groups attached to an aromatic ring is 1. The Labute approximate surface area is 144 Å². The summed E-state index contributed by atoms with van der Waals surface area (Å²) in [5, 5.41) is 2.74. The van der Waals surface area contributed by atoms with Gasteiger partial charge in [-0.25, -0.2) is 4.98 Å². The van der Waals surface area contributed by atoms with Crippen molar-refractivity contribution in [1.82, 2.24) is 15.0 Å². The summed E-state index contributed by atoms with van der Waals surface area (Å²) in [6, 6.07) is 9.04. The summed E-state index contributed by atoms with van der Waals surface area (Å²) in [6.45, 7) is 1.49. The van der Waals surface area contributed by atoms with Crippen molar-refractivity contribution in [2.24, 2.45) is 0 Å². The number of fused-ring (bicyclic) bond motifs is 1. The minimum Gasteiger partial charge on any atom is -0.397 e. The molecule has 3 aromatic heterocycles. The number of nitrogens with two attached hydrogens (primary N) is 1. The highest BCUT2D eigenvalue weighted by Crippen LogP contribution is 2.26. The number of anilines is 3. The highest BCUT2D eigenvalue weighted by atomic mass is 16.1. The third-order valence-electron chi connectivity index (χ3n) is 4.12. The first kappa shape index (κ1) is 15.1. The van der Waals surface area contributed by atoms with Gasteiger partial charge in [0.2, 0.25) is 0 Å². The van der Waals surface area contributed by atoms with Gasteiger partial charge in [-0.2, -0.15) is 0 Å². The molecule has 25 heavy (non-hydrogen) atoms. The predicted octanol–water partition coefficient (Wildman–Crippen LogP) is 2.23. The van der Waals surface area contributed by atoms with Gasteiger partial charge in [-0.1, -0.05) is 6.07 Å². The SMILES string of the molecule is Nc1ccncc1NC(=O)c1cccc(N2Cc3ccncc3C2)n1. The van der Waals surface area contributed by atoms with Crippen LogP contribution in [0.3, 0.4) is 0 Å². The predicted molar refractivity (Wildman–Crippen MR) is 95.0 cm³/mol. The molecule has 0 radical (unpaired) electrons. The van der Waals surface area contributed by atoms with E-state index in [0.29, 0.717) is 17.1 Å². The Hall–Kier alpha value is -3.48. The Bertz CT molecular complexity index is 917. The topological polar surface area (TPSA) is 97.0 Å². The monoisotopic (exact) mass is 332 g/mol. The van der Waals surface area contributed by atoms with Crippen molar-refractivity contribution < 1.29 is 4.79 Å². The molecule has 0 aliphatic carbocycles. The number of nitrogens with zero attached hydrogens (tertiary/aromatic N) is 4. The lowest BCUT2D eigenvalue weighted by molar-refractivity contribution is 0.102. The van der Waals surface area contributed by atoms with Gasteiger partial charge >= 0.3 is 0 Å². The van der Waals surface area contributed by atoms with Gasteiger partial charge in [0.05, 0.1) is 17.6 Å². The number of rotatable bonds is 3. The molecule has 0 fully saturated rings. The van der Waals surface area contributed by atoms with Crippen molar-refractivity contribution in [1.29, 1.82) is 0 Å². The fraction of sp³-hybridized carbons (Fsp3) is 0.111. The highest BCUT2D eigenvalue weighted by molar-refractivity contribution is 6.04. The van der Waals surface area contributed by atoms with E-state index in [0.717, 1.165) is 18.9 Å². The zero-order chi connectivity index (χ0) is 17.2. The first-order valence-corrected chi connectivity index (χ1v) is 7.85. The van der Waals surface area contributed by atoms with E-state index in [1.807, 2.05) is 24.4 Å². The number of carbonyl (C=O) groups is 1. The fourth-order valence-electron chi connectivity index (χ4n) is 2.80. The van der Waals surface area contributed by atoms with Crippen LogP contribution in [0.25, 0.3) is 0 Å². The van der Waals surface area contributed by atoms with Crippen LogP contribution in [0.5, 0.6) is 0 Å². The van der Waals surface area contributed by atoms with Crippen molar-refractivity contribution in [3.8, 4) is 0 Å². The molecular weight excluding hydrogens is 316 g/mol. The molecule has 0 unspecified atom stereocenters. The molecule has 4 rings (SSSR count). The first-order chi connectivity index (χ1) is 12.2.